The maximum Gasteiger partial charge on any atom is 0.393 e. The molecule has 0 N–H and O–H groups in total. The molecule has 2 rings (SSSR count). The SMILES string of the molecule is FC(F)(F)Cc1cccc(-c2ccccc2)c1. The van der Waals surface area contributed by atoms with Gasteiger partial charge in [0.25, 0.3) is 0 Å². The second kappa shape index (κ2) is 4.62. The Morgan fingerprint density at radius 1 is 0.765 bits per heavy atom. The number of halogens is 3. The first-order valence-electron chi connectivity index (χ1n) is 5.26. The number of benzene rings is 2. The lowest BCUT2D eigenvalue weighted by atomic mass is 10.0. The Bertz CT molecular complexity index is 486. The van der Waals surface area contributed by atoms with E-state index in [1.165, 1.54) is 6.07 Å². The summed E-state index contributed by atoms with van der Waals surface area (Å²) in [6.07, 6.45) is -5.04. The van der Waals surface area contributed by atoms with Gasteiger partial charge in [-0.15, -0.1) is 0 Å². The van der Waals surface area contributed by atoms with E-state index in [0.717, 1.165) is 11.1 Å². The van der Waals surface area contributed by atoms with Crippen LogP contribution in [0.25, 0.3) is 11.1 Å². The standard InChI is InChI=1S/C14H11F3/c15-14(16,17)10-11-5-4-8-13(9-11)12-6-2-1-3-7-12/h1-9H,10H2. The van der Waals surface area contributed by atoms with Gasteiger partial charge in [-0.25, -0.2) is 0 Å². The Labute approximate surface area is 97.7 Å². The molecule has 0 fully saturated rings. The van der Waals surface area contributed by atoms with E-state index in [-0.39, 0.29) is 0 Å². The van der Waals surface area contributed by atoms with Gasteiger partial charge in [-0.2, -0.15) is 13.2 Å². The van der Waals surface area contributed by atoms with Crippen LogP contribution in [0, 0.1) is 0 Å². The first kappa shape index (κ1) is 11.7. The average molecular weight is 236 g/mol. The van der Waals surface area contributed by atoms with Crippen LogP contribution in [0.3, 0.4) is 0 Å². The topological polar surface area (TPSA) is 0 Å². The zero-order valence-corrected chi connectivity index (χ0v) is 9.04. The zero-order valence-electron chi connectivity index (χ0n) is 9.04. The summed E-state index contributed by atoms with van der Waals surface area (Å²) in [5.41, 5.74) is 2.03. The fraction of sp³-hybridized carbons (Fsp3) is 0.143. The zero-order chi connectivity index (χ0) is 12.3. The second-order valence-electron chi connectivity index (χ2n) is 3.86. The van der Waals surface area contributed by atoms with E-state index in [4.69, 9.17) is 0 Å². The number of alkyl halides is 3. The highest BCUT2D eigenvalue weighted by Crippen LogP contribution is 2.25. The third-order valence-corrected chi connectivity index (χ3v) is 2.44. The molecule has 0 aliphatic rings. The molecule has 0 unspecified atom stereocenters. The molecule has 0 aromatic heterocycles. The van der Waals surface area contributed by atoms with Crippen molar-refractivity contribution in [1.29, 1.82) is 0 Å². The summed E-state index contributed by atoms with van der Waals surface area (Å²) in [7, 11) is 0. The van der Waals surface area contributed by atoms with E-state index in [9.17, 15) is 13.2 Å². The first-order chi connectivity index (χ1) is 8.04. The van der Waals surface area contributed by atoms with Crippen LogP contribution in [0.4, 0.5) is 13.2 Å². The fourth-order valence-corrected chi connectivity index (χ4v) is 1.72. The molecule has 0 amide bonds. The minimum Gasteiger partial charge on any atom is -0.171 e. The van der Waals surface area contributed by atoms with E-state index >= 15 is 0 Å². The Hall–Kier alpha value is -1.77. The van der Waals surface area contributed by atoms with Gasteiger partial charge in [-0.3, -0.25) is 0 Å². The molecule has 2 aromatic rings. The molecule has 88 valence electrons. The summed E-state index contributed by atoms with van der Waals surface area (Å²) < 4.78 is 36.8. The summed E-state index contributed by atoms with van der Waals surface area (Å²) >= 11 is 0. The predicted molar refractivity (Wildman–Crippen MR) is 61.6 cm³/mol. The minimum absolute atomic E-state index is 0.291. The lowest BCUT2D eigenvalue weighted by Gasteiger charge is -2.08. The van der Waals surface area contributed by atoms with E-state index in [2.05, 4.69) is 0 Å². The van der Waals surface area contributed by atoms with Crippen LogP contribution >= 0.6 is 0 Å². The Morgan fingerprint density at radius 3 is 2.06 bits per heavy atom. The van der Waals surface area contributed by atoms with Gasteiger partial charge in [0.05, 0.1) is 6.42 Å². The van der Waals surface area contributed by atoms with E-state index in [0.29, 0.717) is 5.56 Å². The minimum atomic E-state index is -4.16. The van der Waals surface area contributed by atoms with Gasteiger partial charge in [0.15, 0.2) is 0 Å². The van der Waals surface area contributed by atoms with Crippen molar-refractivity contribution < 1.29 is 13.2 Å². The summed E-state index contributed by atoms with van der Waals surface area (Å²) in [4.78, 5) is 0. The average Bonchev–Trinajstić information content (AvgIpc) is 2.28. The molecule has 0 heterocycles. The summed E-state index contributed by atoms with van der Waals surface area (Å²) in [5, 5.41) is 0. The maximum absolute atomic E-state index is 12.3. The number of hydrogen-bond acceptors (Lipinski definition) is 0. The Kier molecular flexibility index (Phi) is 3.18. The molecule has 0 atom stereocenters. The smallest absolute Gasteiger partial charge is 0.171 e. The molecule has 0 aliphatic heterocycles. The Balaban J connectivity index is 2.29. The molecule has 0 spiro atoms. The van der Waals surface area contributed by atoms with Crippen molar-refractivity contribution in [3.8, 4) is 11.1 Å². The molecule has 0 nitrogen and oxygen atoms in total. The molecule has 0 radical (unpaired) electrons. The van der Waals surface area contributed by atoms with Crippen molar-refractivity contribution >= 4 is 0 Å². The molecule has 2 aromatic carbocycles. The van der Waals surface area contributed by atoms with Gasteiger partial charge in [-0.1, -0.05) is 54.6 Å². The second-order valence-corrected chi connectivity index (χ2v) is 3.86. The van der Waals surface area contributed by atoms with Crippen molar-refractivity contribution in [2.24, 2.45) is 0 Å². The van der Waals surface area contributed by atoms with Crippen LogP contribution in [0.2, 0.25) is 0 Å². The van der Waals surface area contributed by atoms with Crippen molar-refractivity contribution in [2.75, 3.05) is 0 Å². The largest absolute Gasteiger partial charge is 0.393 e. The molecule has 0 saturated carbocycles. The predicted octanol–water partition coefficient (Wildman–Crippen LogP) is 4.46. The molecule has 0 aliphatic carbocycles. The van der Waals surface area contributed by atoms with Crippen LogP contribution in [0.1, 0.15) is 5.56 Å². The first-order valence-corrected chi connectivity index (χ1v) is 5.26. The van der Waals surface area contributed by atoms with E-state index in [1.54, 1.807) is 12.1 Å². The molecule has 0 bridgehead atoms. The van der Waals surface area contributed by atoms with Gasteiger partial charge in [0, 0.05) is 0 Å². The molecular formula is C14H11F3. The summed E-state index contributed by atoms with van der Waals surface area (Å²) in [5.74, 6) is 0. The summed E-state index contributed by atoms with van der Waals surface area (Å²) in [6.45, 7) is 0. The van der Waals surface area contributed by atoms with Gasteiger partial charge in [0.2, 0.25) is 0 Å². The molecule has 3 heteroatoms. The Morgan fingerprint density at radius 2 is 1.41 bits per heavy atom. The van der Waals surface area contributed by atoms with Crippen LogP contribution in [0.15, 0.2) is 54.6 Å². The van der Waals surface area contributed by atoms with Gasteiger partial charge in [-0.05, 0) is 16.7 Å². The van der Waals surface area contributed by atoms with Gasteiger partial charge < -0.3 is 0 Å². The van der Waals surface area contributed by atoms with Crippen molar-refractivity contribution in [2.45, 2.75) is 12.6 Å². The van der Waals surface area contributed by atoms with Crippen LogP contribution in [-0.2, 0) is 6.42 Å². The van der Waals surface area contributed by atoms with Gasteiger partial charge >= 0.3 is 6.18 Å². The van der Waals surface area contributed by atoms with E-state index in [1.807, 2.05) is 36.4 Å². The summed E-state index contributed by atoms with van der Waals surface area (Å²) in [6, 6.07) is 15.9. The van der Waals surface area contributed by atoms with Crippen LogP contribution < -0.4 is 0 Å². The highest BCUT2D eigenvalue weighted by Gasteiger charge is 2.27. The van der Waals surface area contributed by atoms with Crippen molar-refractivity contribution in [3.63, 3.8) is 0 Å². The highest BCUT2D eigenvalue weighted by molar-refractivity contribution is 5.63. The highest BCUT2D eigenvalue weighted by atomic mass is 19.4. The van der Waals surface area contributed by atoms with E-state index < -0.39 is 12.6 Å². The fourth-order valence-electron chi connectivity index (χ4n) is 1.72. The van der Waals surface area contributed by atoms with Crippen molar-refractivity contribution in [3.05, 3.63) is 60.2 Å². The van der Waals surface area contributed by atoms with Crippen LogP contribution in [0.5, 0.6) is 0 Å². The quantitative estimate of drug-likeness (QED) is 0.722. The third-order valence-electron chi connectivity index (χ3n) is 2.44. The normalized spacial score (nSPS) is 11.5. The van der Waals surface area contributed by atoms with Gasteiger partial charge in [0.1, 0.15) is 0 Å². The molecule has 0 saturated heterocycles. The number of hydrogen-bond donors (Lipinski definition) is 0. The lowest BCUT2D eigenvalue weighted by molar-refractivity contribution is -0.127. The molecule has 17 heavy (non-hydrogen) atoms. The third kappa shape index (κ3) is 3.34. The van der Waals surface area contributed by atoms with Crippen LogP contribution in [-0.4, -0.2) is 6.18 Å². The molecular weight excluding hydrogens is 225 g/mol. The maximum atomic E-state index is 12.3. The number of rotatable bonds is 2. The lowest BCUT2D eigenvalue weighted by Crippen LogP contribution is -2.11. The monoisotopic (exact) mass is 236 g/mol. The van der Waals surface area contributed by atoms with Crippen molar-refractivity contribution in [1.82, 2.24) is 0 Å².